The number of rotatable bonds is 2. The van der Waals surface area contributed by atoms with E-state index in [4.69, 9.17) is 11.6 Å². The van der Waals surface area contributed by atoms with Gasteiger partial charge in [0.1, 0.15) is 5.15 Å². The van der Waals surface area contributed by atoms with E-state index in [1.54, 1.807) is 11.3 Å². The molecule has 0 atom stereocenters. The Balaban J connectivity index is 2.30. The van der Waals surface area contributed by atoms with E-state index in [2.05, 4.69) is 18.8 Å². The zero-order chi connectivity index (χ0) is 8.72. The first kappa shape index (κ1) is 8.52. The molecule has 0 N–H and O–H groups in total. The predicted molar refractivity (Wildman–Crippen MR) is 53.2 cm³/mol. The van der Waals surface area contributed by atoms with Gasteiger partial charge in [0.15, 0.2) is 0 Å². The highest BCUT2D eigenvalue weighted by molar-refractivity contribution is 7.12. The zero-order valence-electron chi connectivity index (χ0n) is 7.30. The van der Waals surface area contributed by atoms with E-state index in [1.165, 1.54) is 22.7 Å². The molecule has 1 aromatic rings. The van der Waals surface area contributed by atoms with Gasteiger partial charge < -0.3 is 0 Å². The maximum Gasteiger partial charge on any atom is 0.143 e. The van der Waals surface area contributed by atoms with Crippen LogP contribution in [-0.2, 0) is 0 Å². The van der Waals surface area contributed by atoms with E-state index in [-0.39, 0.29) is 0 Å². The van der Waals surface area contributed by atoms with Crippen LogP contribution >= 0.6 is 22.9 Å². The highest BCUT2D eigenvalue weighted by atomic mass is 35.5. The molecule has 0 bridgehead atoms. The zero-order valence-corrected chi connectivity index (χ0v) is 8.87. The number of aromatic nitrogens is 1. The lowest BCUT2D eigenvalue weighted by Gasteiger charge is -1.97. The number of hydrogen-bond donors (Lipinski definition) is 0. The molecular weight excluding hydrogens is 190 g/mol. The van der Waals surface area contributed by atoms with Crippen molar-refractivity contribution in [2.75, 3.05) is 0 Å². The minimum Gasteiger partial charge on any atom is -0.229 e. The summed E-state index contributed by atoms with van der Waals surface area (Å²) in [5.41, 5.74) is 0. The summed E-state index contributed by atoms with van der Waals surface area (Å²) < 4.78 is 0. The van der Waals surface area contributed by atoms with E-state index in [0.717, 1.165) is 11.1 Å². The van der Waals surface area contributed by atoms with E-state index >= 15 is 0 Å². The lowest BCUT2D eigenvalue weighted by molar-refractivity contribution is 0.885. The van der Waals surface area contributed by atoms with Crippen molar-refractivity contribution in [1.82, 2.24) is 4.98 Å². The molecule has 1 saturated carbocycles. The highest BCUT2D eigenvalue weighted by Crippen LogP contribution is 2.44. The molecule has 0 radical (unpaired) electrons. The van der Waals surface area contributed by atoms with Gasteiger partial charge in [-0.2, -0.15) is 0 Å². The first-order valence-electron chi connectivity index (χ1n) is 4.34. The number of hydrogen-bond acceptors (Lipinski definition) is 2. The topological polar surface area (TPSA) is 12.9 Å². The number of thiazole rings is 1. The van der Waals surface area contributed by atoms with Crippen molar-refractivity contribution in [1.29, 1.82) is 0 Å². The van der Waals surface area contributed by atoms with Gasteiger partial charge in [0.25, 0.3) is 0 Å². The van der Waals surface area contributed by atoms with Crippen LogP contribution in [0.5, 0.6) is 0 Å². The van der Waals surface area contributed by atoms with Gasteiger partial charge in [-0.3, -0.25) is 0 Å². The molecule has 1 aliphatic carbocycles. The average Bonchev–Trinajstić information content (AvgIpc) is 2.75. The molecule has 0 amide bonds. The summed E-state index contributed by atoms with van der Waals surface area (Å²) in [5.74, 6) is 1.25. The Morgan fingerprint density at radius 3 is 2.58 bits per heavy atom. The molecule has 0 saturated heterocycles. The Bertz CT molecular complexity index is 289. The third-order valence-corrected chi connectivity index (χ3v) is 4.00. The predicted octanol–water partition coefficient (Wildman–Crippen LogP) is 3.80. The molecular formula is C9H12ClNS. The van der Waals surface area contributed by atoms with Crippen LogP contribution in [0.3, 0.4) is 0 Å². The summed E-state index contributed by atoms with van der Waals surface area (Å²) in [6.45, 7) is 4.33. The molecule has 2 rings (SSSR count). The quantitative estimate of drug-likeness (QED) is 0.710. The summed E-state index contributed by atoms with van der Waals surface area (Å²) >= 11 is 7.81. The fourth-order valence-corrected chi connectivity index (χ4v) is 2.80. The molecule has 0 spiro atoms. The number of halogens is 1. The molecule has 1 heterocycles. The van der Waals surface area contributed by atoms with Gasteiger partial charge in [0.05, 0.1) is 5.01 Å². The smallest absolute Gasteiger partial charge is 0.143 e. The maximum atomic E-state index is 6.01. The van der Waals surface area contributed by atoms with Crippen molar-refractivity contribution in [2.45, 2.75) is 38.5 Å². The van der Waals surface area contributed by atoms with Gasteiger partial charge in [-0.15, -0.1) is 11.3 Å². The Morgan fingerprint density at radius 2 is 2.17 bits per heavy atom. The fraction of sp³-hybridized carbons (Fsp3) is 0.667. The van der Waals surface area contributed by atoms with Gasteiger partial charge in [-0.1, -0.05) is 25.4 Å². The molecule has 0 aliphatic heterocycles. The van der Waals surface area contributed by atoms with Crippen LogP contribution in [0.4, 0.5) is 0 Å². The van der Waals surface area contributed by atoms with E-state index in [1.807, 2.05) is 0 Å². The summed E-state index contributed by atoms with van der Waals surface area (Å²) in [7, 11) is 0. The monoisotopic (exact) mass is 201 g/mol. The maximum absolute atomic E-state index is 6.01. The fourth-order valence-electron chi connectivity index (χ4n) is 1.19. The standard InChI is InChI=1S/C9H12ClNS/c1-5(2)7-8(10)11-9(12-7)6-3-4-6/h5-6H,3-4H2,1-2H3. The van der Waals surface area contributed by atoms with Crippen LogP contribution < -0.4 is 0 Å². The van der Waals surface area contributed by atoms with E-state index in [0.29, 0.717) is 5.92 Å². The molecule has 1 aromatic heterocycles. The molecule has 0 unspecified atom stereocenters. The molecule has 1 nitrogen and oxygen atoms in total. The Labute approximate surface area is 81.8 Å². The minimum atomic E-state index is 0.516. The van der Waals surface area contributed by atoms with Crippen molar-refractivity contribution in [2.24, 2.45) is 0 Å². The molecule has 0 aromatic carbocycles. The molecule has 66 valence electrons. The van der Waals surface area contributed by atoms with Crippen molar-refractivity contribution in [3.63, 3.8) is 0 Å². The molecule has 3 heteroatoms. The first-order chi connectivity index (χ1) is 5.68. The van der Waals surface area contributed by atoms with E-state index < -0.39 is 0 Å². The van der Waals surface area contributed by atoms with Crippen LogP contribution in [0, 0.1) is 0 Å². The number of nitrogens with zero attached hydrogens (tertiary/aromatic N) is 1. The lowest BCUT2D eigenvalue weighted by Crippen LogP contribution is -1.81. The van der Waals surface area contributed by atoms with Gasteiger partial charge in [0, 0.05) is 10.8 Å². The van der Waals surface area contributed by atoms with Crippen molar-refractivity contribution in [3.05, 3.63) is 15.0 Å². The lowest BCUT2D eigenvalue weighted by atomic mass is 10.2. The van der Waals surface area contributed by atoms with Gasteiger partial charge >= 0.3 is 0 Å². The second-order valence-corrected chi connectivity index (χ2v) is 5.06. The van der Waals surface area contributed by atoms with Crippen molar-refractivity contribution < 1.29 is 0 Å². The SMILES string of the molecule is CC(C)c1sc(C2CC2)nc1Cl. The molecule has 1 fully saturated rings. The second-order valence-electron chi connectivity index (χ2n) is 3.64. The second kappa shape index (κ2) is 3.00. The van der Waals surface area contributed by atoms with Crippen molar-refractivity contribution in [3.8, 4) is 0 Å². The third-order valence-electron chi connectivity index (χ3n) is 2.08. The minimum absolute atomic E-state index is 0.516. The van der Waals surface area contributed by atoms with Crippen molar-refractivity contribution >= 4 is 22.9 Å². The summed E-state index contributed by atoms with van der Waals surface area (Å²) in [5, 5.41) is 1.99. The van der Waals surface area contributed by atoms with Gasteiger partial charge in [-0.25, -0.2) is 4.98 Å². The summed E-state index contributed by atoms with van der Waals surface area (Å²) in [6, 6.07) is 0. The van der Waals surface area contributed by atoms with Crippen LogP contribution in [0.1, 0.15) is 48.4 Å². The van der Waals surface area contributed by atoms with Gasteiger partial charge in [0.2, 0.25) is 0 Å². The van der Waals surface area contributed by atoms with Crippen LogP contribution in [0.2, 0.25) is 5.15 Å². The first-order valence-corrected chi connectivity index (χ1v) is 5.54. The van der Waals surface area contributed by atoms with Crippen LogP contribution in [0.15, 0.2) is 0 Å². The molecule has 1 aliphatic rings. The van der Waals surface area contributed by atoms with E-state index in [9.17, 15) is 0 Å². The highest BCUT2D eigenvalue weighted by Gasteiger charge is 2.28. The summed E-state index contributed by atoms with van der Waals surface area (Å²) in [4.78, 5) is 5.63. The van der Waals surface area contributed by atoms with Crippen LogP contribution in [-0.4, -0.2) is 4.98 Å². The van der Waals surface area contributed by atoms with Gasteiger partial charge in [-0.05, 0) is 18.8 Å². The normalized spacial score (nSPS) is 17.3. The third kappa shape index (κ3) is 1.50. The Hall–Kier alpha value is -0.0800. The summed E-state index contributed by atoms with van der Waals surface area (Å²) in [6.07, 6.45) is 2.61. The largest absolute Gasteiger partial charge is 0.229 e. The Morgan fingerprint density at radius 1 is 1.50 bits per heavy atom. The molecule has 12 heavy (non-hydrogen) atoms. The van der Waals surface area contributed by atoms with Crippen LogP contribution in [0.25, 0.3) is 0 Å². The Kier molecular flexibility index (Phi) is 2.13. The average molecular weight is 202 g/mol.